The standard InChI is InChI=1S/C26H24N8O/c1-15-4-3-7-28-22(15)24-17(13-27)18-14-29-26(35)21(23(18)32-24)25-30-19-6-5-16(12-20(19)31-25)34-10-8-33(2)9-11-34/h3-7,12,14,32H,8-11H2,1-2H3,(H,29,35)(H,30,31). The Morgan fingerprint density at radius 1 is 1.11 bits per heavy atom. The maximum atomic E-state index is 13.0. The zero-order valence-corrected chi connectivity index (χ0v) is 19.5. The van der Waals surface area contributed by atoms with Crippen molar-refractivity contribution in [2.45, 2.75) is 6.92 Å². The third-order valence-corrected chi connectivity index (χ3v) is 6.79. The predicted octanol–water partition coefficient (Wildman–Crippen LogP) is 3.39. The van der Waals surface area contributed by atoms with E-state index in [0.29, 0.717) is 39.2 Å². The number of aromatic nitrogens is 5. The van der Waals surface area contributed by atoms with Gasteiger partial charge in [0, 0.05) is 49.6 Å². The van der Waals surface area contributed by atoms with Crippen LogP contribution in [0.1, 0.15) is 11.1 Å². The zero-order chi connectivity index (χ0) is 24.1. The van der Waals surface area contributed by atoms with E-state index in [1.807, 2.05) is 25.1 Å². The van der Waals surface area contributed by atoms with E-state index in [0.717, 1.165) is 48.5 Å². The minimum Gasteiger partial charge on any atom is -0.369 e. The van der Waals surface area contributed by atoms with Gasteiger partial charge < -0.3 is 24.8 Å². The lowest BCUT2D eigenvalue weighted by Crippen LogP contribution is -2.44. The molecule has 1 aliphatic rings. The number of benzene rings is 1. The summed E-state index contributed by atoms with van der Waals surface area (Å²) in [4.78, 5) is 36.3. The van der Waals surface area contributed by atoms with E-state index in [-0.39, 0.29) is 5.56 Å². The number of nitriles is 1. The van der Waals surface area contributed by atoms with Crippen molar-refractivity contribution in [1.82, 2.24) is 29.8 Å². The lowest BCUT2D eigenvalue weighted by molar-refractivity contribution is 0.313. The van der Waals surface area contributed by atoms with Crippen LogP contribution in [0, 0.1) is 18.3 Å². The molecule has 0 bridgehead atoms. The average Bonchev–Trinajstić information content (AvgIpc) is 3.45. The predicted molar refractivity (Wildman–Crippen MR) is 136 cm³/mol. The molecule has 1 saturated heterocycles. The molecule has 9 nitrogen and oxygen atoms in total. The number of hydrogen-bond donors (Lipinski definition) is 3. The Bertz CT molecular complexity index is 1680. The van der Waals surface area contributed by atoms with Gasteiger partial charge in [-0.2, -0.15) is 5.26 Å². The summed E-state index contributed by atoms with van der Waals surface area (Å²) in [6.45, 7) is 5.93. The first-order valence-corrected chi connectivity index (χ1v) is 11.6. The number of nitrogens with zero attached hydrogens (tertiary/aromatic N) is 5. The topological polar surface area (TPSA) is 120 Å². The molecule has 4 aromatic heterocycles. The fourth-order valence-corrected chi connectivity index (χ4v) is 4.82. The molecule has 1 aliphatic heterocycles. The van der Waals surface area contributed by atoms with Crippen molar-refractivity contribution in [3.05, 3.63) is 64.2 Å². The fraction of sp³-hybridized carbons (Fsp3) is 0.231. The van der Waals surface area contributed by atoms with Crippen LogP contribution in [0.25, 0.3) is 44.7 Å². The normalized spacial score (nSPS) is 14.6. The van der Waals surface area contributed by atoms with Gasteiger partial charge in [-0.15, -0.1) is 0 Å². The molecule has 1 fully saturated rings. The molecule has 0 atom stereocenters. The lowest BCUT2D eigenvalue weighted by atomic mass is 10.1. The number of likely N-dealkylation sites (N-methyl/N-ethyl adjacent to an activating group) is 1. The summed E-state index contributed by atoms with van der Waals surface area (Å²) in [5, 5.41) is 10.6. The first-order chi connectivity index (χ1) is 17.0. The molecule has 5 heterocycles. The Balaban J connectivity index is 1.50. The van der Waals surface area contributed by atoms with E-state index in [1.54, 1.807) is 12.4 Å². The van der Waals surface area contributed by atoms with Gasteiger partial charge in [0.15, 0.2) is 0 Å². The molecule has 6 rings (SSSR count). The molecule has 0 aliphatic carbocycles. The quantitative estimate of drug-likeness (QED) is 0.376. The third kappa shape index (κ3) is 3.47. The van der Waals surface area contributed by atoms with Gasteiger partial charge in [0.1, 0.15) is 17.5 Å². The van der Waals surface area contributed by atoms with Gasteiger partial charge in [-0.1, -0.05) is 6.07 Å². The van der Waals surface area contributed by atoms with Gasteiger partial charge in [-0.3, -0.25) is 9.78 Å². The minimum atomic E-state index is -0.286. The second-order valence-electron chi connectivity index (χ2n) is 9.01. The van der Waals surface area contributed by atoms with E-state index < -0.39 is 0 Å². The lowest BCUT2D eigenvalue weighted by Gasteiger charge is -2.34. The molecule has 0 radical (unpaired) electrons. The van der Waals surface area contributed by atoms with Crippen LogP contribution in [0.4, 0.5) is 5.69 Å². The molecule has 5 aromatic rings. The Morgan fingerprint density at radius 3 is 2.71 bits per heavy atom. The van der Waals surface area contributed by atoms with Crippen LogP contribution in [0.15, 0.2) is 47.5 Å². The van der Waals surface area contributed by atoms with Crippen LogP contribution < -0.4 is 10.5 Å². The summed E-state index contributed by atoms with van der Waals surface area (Å²) >= 11 is 0. The number of pyridine rings is 2. The number of aryl methyl sites for hydroxylation is 1. The van der Waals surface area contributed by atoms with E-state index >= 15 is 0 Å². The number of piperazine rings is 1. The molecule has 3 N–H and O–H groups in total. The summed E-state index contributed by atoms with van der Waals surface area (Å²) in [5.74, 6) is 0.456. The molecular formula is C26H24N8O. The highest BCUT2D eigenvalue weighted by Gasteiger charge is 2.22. The zero-order valence-electron chi connectivity index (χ0n) is 19.5. The molecule has 0 spiro atoms. The van der Waals surface area contributed by atoms with E-state index in [2.05, 4.69) is 55.0 Å². The molecule has 174 valence electrons. The smallest absolute Gasteiger partial charge is 0.261 e. The molecule has 0 unspecified atom stereocenters. The highest BCUT2D eigenvalue weighted by atomic mass is 16.1. The minimum absolute atomic E-state index is 0.286. The van der Waals surface area contributed by atoms with Crippen LogP contribution in [0.5, 0.6) is 0 Å². The number of aromatic amines is 3. The number of anilines is 1. The Kier molecular flexibility index (Phi) is 4.90. The second-order valence-corrected chi connectivity index (χ2v) is 9.01. The van der Waals surface area contributed by atoms with Crippen molar-refractivity contribution in [3.63, 3.8) is 0 Å². The van der Waals surface area contributed by atoms with Gasteiger partial charge in [0.25, 0.3) is 5.56 Å². The monoisotopic (exact) mass is 464 g/mol. The van der Waals surface area contributed by atoms with Crippen molar-refractivity contribution in [2.24, 2.45) is 0 Å². The summed E-state index contributed by atoms with van der Waals surface area (Å²) in [6, 6.07) is 12.2. The molecule has 0 amide bonds. The van der Waals surface area contributed by atoms with Gasteiger partial charge in [-0.25, -0.2) is 4.98 Å². The Morgan fingerprint density at radius 2 is 1.94 bits per heavy atom. The van der Waals surface area contributed by atoms with Gasteiger partial charge in [0.2, 0.25) is 0 Å². The largest absolute Gasteiger partial charge is 0.369 e. The average molecular weight is 465 g/mol. The third-order valence-electron chi connectivity index (χ3n) is 6.79. The van der Waals surface area contributed by atoms with Gasteiger partial charge in [0.05, 0.1) is 33.5 Å². The maximum absolute atomic E-state index is 13.0. The highest BCUT2D eigenvalue weighted by Crippen LogP contribution is 2.34. The summed E-state index contributed by atoms with van der Waals surface area (Å²) in [6.07, 6.45) is 3.27. The summed E-state index contributed by atoms with van der Waals surface area (Å²) in [5.41, 5.74) is 6.06. The molecule has 0 saturated carbocycles. The van der Waals surface area contributed by atoms with Crippen LogP contribution >= 0.6 is 0 Å². The van der Waals surface area contributed by atoms with Crippen LogP contribution in [-0.2, 0) is 0 Å². The van der Waals surface area contributed by atoms with E-state index in [4.69, 9.17) is 4.98 Å². The van der Waals surface area contributed by atoms with Crippen LogP contribution in [0.3, 0.4) is 0 Å². The second kappa shape index (κ2) is 8.11. The number of imidazole rings is 1. The van der Waals surface area contributed by atoms with Crippen molar-refractivity contribution in [2.75, 3.05) is 38.1 Å². The fourth-order valence-electron chi connectivity index (χ4n) is 4.82. The van der Waals surface area contributed by atoms with E-state index in [9.17, 15) is 10.1 Å². The van der Waals surface area contributed by atoms with Gasteiger partial charge in [-0.05, 0) is 43.8 Å². The SMILES string of the molecule is Cc1cccnc1-c1[nH]c2c(-c3nc4ccc(N5CCN(C)CC5)cc4[nH]3)c(=O)[nH]cc2c1C#N. The van der Waals surface area contributed by atoms with Crippen molar-refractivity contribution in [1.29, 1.82) is 5.26 Å². The number of rotatable bonds is 3. The Hall–Kier alpha value is -4.42. The molecule has 1 aromatic carbocycles. The molecule has 35 heavy (non-hydrogen) atoms. The number of hydrogen-bond acceptors (Lipinski definition) is 6. The number of nitrogens with one attached hydrogen (secondary N) is 3. The molecule has 9 heteroatoms. The number of H-pyrrole nitrogens is 3. The van der Waals surface area contributed by atoms with E-state index in [1.165, 1.54) is 0 Å². The Labute approximate surface area is 201 Å². The number of fused-ring (bicyclic) bond motifs is 2. The van der Waals surface area contributed by atoms with Crippen molar-refractivity contribution in [3.8, 4) is 28.8 Å². The first-order valence-electron chi connectivity index (χ1n) is 11.6. The van der Waals surface area contributed by atoms with Crippen molar-refractivity contribution >= 4 is 27.6 Å². The first kappa shape index (κ1) is 21.1. The van der Waals surface area contributed by atoms with Crippen molar-refractivity contribution < 1.29 is 0 Å². The summed E-state index contributed by atoms with van der Waals surface area (Å²) < 4.78 is 0. The summed E-state index contributed by atoms with van der Waals surface area (Å²) in [7, 11) is 2.14. The van der Waals surface area contributed by atoms with Gasteiger partial charge >= 0.3 is 0 Å². The van der Waals surface area contributed by atoms with Crippen LogP contribution in [0.2, 0.25) is 0 Å². The highest BCUT2D eigenvalue weighted by molar-refractivity contribution is 6.00. The van der Waals surface area contributed by atoms with Crippen LogP contribution in [-0.4, -0.2) is 63.0 Å². The maximum Gasteiger partial charge on any atom is 0.261 e. The molecular weight excluding hydrogens is 440 g/mol.